The van der Waals surface area contributed by atoms with Crippen molar-refractivity contribution < 1.29 is 4.74 Å². The maximum absolute atomic E-state index is 6.56. The van der Waals surface area contributed by atoms with Crippen LogP contribution in [0.5, 0.6) is 0 Å². The van der Waals surface area contributed by atoms with Crippen molar-refractivity contribution in [3.05, 3.63) is 0 Å². The molecule has 2 N–H and O–H groups in total. The van der Waals surface area contributed by atoms with Crippen molar-refractivity contribution >= 4 is 0 Å². The molecule has 0 amide bonds. The zero-order chi connectivity index (χ0) is 12.8. The monoisotopic (exact) mass is 253 g/mol. The summed E-state index contributed by atoms with van der Waals surface area (Å²) in [6, 6.07) is 0. The van der Waals surface area contributed by atoms with Crippen molar-refractivity contribution in [2.75, 3.05) is 6.61 Å². The fraction of sp³-hybridized carbons (Fsp3) is 1.00. The maximum atomic E-state index is 6.56. The summed E-state index contributed by atoms with van der Waals surface area (Å²) >= 11 is 0. The SMILES string of the molecule is CCCC1CCC(N)(CCCC2CCCO2)CC1. The van der Waals surface area contributed by atoms with Crippen LogP contribution in [0.15, 0.2) is 0 Å². The zero-order valence-electron chi connectivity index (χ0n) is 12.1. The second kappa shape index (κ2) is 6.91. The van der Waals surface area contributed by atoms with Gasteiger partial charge in [-0.05, 0) is 63.7 Å². The van der Waals surface area contributed by atoms with Gasteiger partial charge in [-0.2, -0.15) is 0 Å². The largest absolute Gasteiger partial charge is 0.378 e. The van der Waals surface area contributed by atoms with Crippen LogP contribution in [0.1, 0.15) is 77.6 Å². The van der Waals surface area contributed by atoms with Gasteiger partial charge < -0.3 is 10.5 Å². The van der Waals surface area contributed by atoms with Gasteiger partial charge in [0.1, 0.15) is 0 Å². The first-order valence-corrected chi connectivity index (χ1v) is 8.12. The average Bonchev–Trinajstić information content (AvgIpc) is 2.86. The summed E-state index contributed by atoms with van der Waals surface area (Å²) in [5, 5.41) is 0. The molecule has 2 heteroatoms. The minimum Gasteiger partial charge on any atom is -0.378 e. The van der Waals surface area contributed by atoms with Crippen molar-refractivity contribution in [1.82, 2.24) is 0 Å². The lowest BCUT2D eigenvalue weighted by molar-refractivity contribution is 0.0980. The van der Waals surface area contributed by atoms with Gasteiger partial charge in [0.15, 0.2) is 0 Å². The summed E-state index contributed by atoms with van der Waals surface area (Å²) in [4.78, 5) is 0. The van der Waals surface area contributed by atoms with Crippen LogP contribution in [0.2, 0.25) is 0 Å². The van der Waals surface area contributed by atoms with Crippen LogP contribution in [0.3, 0.4) is 0 Å². The van der Waals surface area contributed by atoms with Crippen molar-refractivity contribution in [1.29, 1.82) is 0 Å². The summed E-state index contributed by atoms with van der Waals surface area (Å²) < 4.78 is 5.68. The highest BCUT2D eigenvalue weighted by Gasteiger charge is 2.31. The first-order valence-electron chi connectivity index (χ1n) is 8.12. The first-order chi connectivity index (χ1) is 8.72. The molecule has 2 nitrogen and oxygen atoms in total. The molecule has 0 bridgehead atoms. The van der Waals surface area contributed by atoms with Gasteiger partial charge in [-0.25, -0.2) is 0 Å². The Kier molecular flexibility index (Phi) is 5.50. The molecule has 0 radical (unpaired) electrons. The van der Waals surface area contributed by atoms with Crippen LogP contribution in [0.4, 0.5) is 0 Å². The van der Waals surface area contributed by atoms with E-state index in [0.29, 0.717) is 6.10 Å². The summed E-state index contributed by atoms with van der Waals surface area (Å²) in [5.41, 5.74) is 6.72. The van der Waals surface area contributed by atoms with Crippen molar-refractivity contribution in [2.45, 2.75) is 89.2 Å². The van der Waals surface area contributed by atoms with E-state index in [1.54, 1.807) is 0 Å². The van der Waals surface area contributed by atoms with E-state index >= 15 is 0 Å². The highest BCUT2D eigenvalue weighted by Crippen LogP contribution is 2.36. The first kappa shape index (κ1) is 14.3. The van der Waals surface area contributed by atoms with Crippen molar-refractivity contribution in [3.8, 4) is 0 Å². The molecule has 2 aliphatic rings. The molecule has 1 atom stereocenters. The molecule has 1 unspecified atom stereocenters. The molecule has 2 fully saturated rings. The third-order valence-corrected chi connectivity index (χ3v) is 5.02. The topological polar surface area (TPSA) is 35.2 Å². The Hall–Kier alpha value is -0.0800. The van der Waals surface area contributed by atoms with Gasteiger partial charge >= 0.3 is 0 Å². The van der Waals surface area contributed by atoms with Gasteiger partial charge in [-0.1, -0.05) is 19.8 Å². The summed E-state index contributed by atoms with van der Waals surface area (Å²) in [5.74, 6) is 0.963. The molecule has 1 aliphatic carbocycles. The van der Waals surface area contributed by atoms with Crippen LogP contribution in [-0.4, -0.2) is 18.2 Å². The Morgan fingerprint density at radius 3 is 2.56 bits per heavy atom. The minimum atomic E-state index is 0.156. The lowest BCUT2D eigenvalue weighted by Crippen LogP contribution is -2.43. The number of nitrogens with two attached hydrogens (primary N) is 1. The van der Waals surface area contributed by atoms with E-state index in [1.807, 2.05) is 0 Å². The van der Waals surface area contributed by atoms with E-state index in [1.165, 1.54) is 70.6 Å². The summed E-state index contributed by atoms with van der Waals surface area (Å²) in [7, 11) is 0. The third-order valence-electron chi connectivity index (χ3n) is 5.02. The molecule has 0 aromatic carbocycles. The molecule has 1 aliphatic heterocycles. The molecule has 1 saturated carbocycles. The van der Waals surface area contributed by atoms with E-state index in [-0.39, 0.29) is 5.54 Å². The lowest BCUT2D eigenvalue weighted by Gasteiger charge is -2.37. The fourth-order valence-corrected chi connectivity index (χ4v) is 3.75. The van der Waals surface area contributed by atoms with Gasteiger partial charge in [0, 0.05) is 12.1 Å². The van der Waals surface area contributed by atoms with Crippen molar-refractivity contribution in [2.24, 2.45) is 11.7 Å². The molecular formula is C16H31NO. The van der Waals surface area contributed by atoms with Crippen LogP contribution in [0.25, 0.3) is 0 Å². The Balaban J connectivity index is 1.62. The molecule has 0 spiro atoms. The predicted octanol–water partition coefficient (Wildman–Crippen LogP) is 4.02. The van der Waals surface area contributed by atoms with E-state index in [2.05, 4.69) is 6.92 Å². The van der Waals surface area contributed by atoms with Gasteiger partial charge in [0.25, 0.3) is 0 Å². The van der Waals surface area contributed by atoms with Crippen LogP contribution < -0.4 is 5.73 Å². The Morgan fingerprint density at radius 2 is 1.94 bits per heavy atom. The number of hydrogen-bond donors (Lipinski definition) is 1. The number of rotatable bonds is 6. The quantitative estimate of drug-likeness (QED) is 0.776. The van der Waals surface area contributed by atoms with Crippen LogP contribution in [0, 0.1) is 5.92 Å². The molecule has 1 saturated heterocycles. The molecule has 18 heavy (non-hydrogen) atoms. The minimum absolute atomic E-state index is 0.156. The molecule has 2 rings (SSSR count). The Morgan fingerprint density at radius 1 is 1.17 bits per heavy atom. The smallest absolute Gasteiger partial charge is 0.0576 e. The third kappa shape index (κ3) is 4.24. The van der Waals surface area contributed by atoms with E-state index in [0.717, 1.165) is 12.5 Å². The Bertz CT molecular complexity index is 227. The maximum Gasteiger partial charge on any atom is 0.0576 e. The van der Waals surface area contributed by atoms with Gasteiger partial charge in [-0.3, -0.25) is 0 Å². The average molecular weight is 253 g/mol. The fourth-order valence-electron chi connectivity index (χ4n) is 3.75. The number of ether oxygens (including phenoxy) is 1. The zero-order valence-corrected chi connectivity index (χ0v) is 12.1. The molecule has 0 aromatic rings. The molecular weight excluding hydrogens is 222 g/mol. The summed E-state index contributed by atoms with van der Waals surface area (Å²) in [6.07, 6.45) is 14.8. The van der Waals surface area contributed by atoms with Crippen molar-refractivity contribution in [3.63, 3.8) is 0 Å². The van der Waals surface area contributed by atoms with Crippen LogP contribution in [-0.2, 0) is 4.74 Å². The van der Waals surface area contributed by atoms with Gasteiger partial charge in [0.05, 0.1) is 6.10 Å². The second-order valence-corrected chi connectivity index (χ2v) is 6.62. The standard InChI is InChI=1S/C16H31NO/c1-2-5-14-8-11-16(17,12-9-14)10-3-6-15-7-4-13-18-15/h14-15H,2-13,17H2,1H3. The summed E-state index contributed by atoms with van der Waals surface area (Å²) in [6.45, 7) is 3.28. The Labute approximate surface area is 113 Å². The molecule has 0 aromatic heterocycles. The molecule has 106 valence electrons. The van der Waals surface area contributed by atoms with Gasteiger partial charge in [-0.15, -0.1) is 0 Å². The lowest BCUT2D eigenvalue weighted by atomic mass is 9.73. The normalized spacial score (nSPS) is 37.0. The van der Waals surface area contributed by atoms with Gasteiger partial charge in [0.2, 0.25) is 0 Å². The predicted molar refractivity (Wildman–Crippen MR) is 76.6 cm³/mol. The van der Waals surface area contributed by atoms with Crippen LogP contribution >= 0.6 is 0 Å². The number of hydrogen-bond acceptors (Lipinski definition) is 2. The highest BCUT2D eigenvalue weighted by atomic mass is 16.5. The second-order valence-electron chi connectivity index (χ2n) is 6.62. The highest BCUT2D eigenvalue weighted by molar-refractivity contribution is 4.89. The van der Waals surface area contributed by atoms with E-state index < -0.39 is 0 Å². The van der Waals surface area contributed by atoms with E-state index in [9.17, 15) is 0 Å². The molecule has 1 heterocycles. The van der Waals surface area contributed by atoms with E-state index in [4.69, 9.17) is 10.5 Å².